The van der Waals surface area contributed by atoms with Gasteiger partial charge in [0, 0.05) is 120 Å². The molecule has 3 saturated carbocycles. The van der Waals surface area contributed by atoms with Crippen LogP contribution in [0.25, 0.3) is 0 Å². The van der Waals surface area contributed by atoms with Gasteiger partial charge < -0.3 is 29.4 Å². The molecule has 6 amide bonds. The fraction of sp³-hybridized carbons (Fsp3) is 0.579. The zero-order chi connectivity index (χ0) is 51.4. The Morgan fingerprint density at radius 1 is 0.348 bits per heavy atom. The first-order chi connectivity index (χ1) is 32.4. The van der Waals surface area contributed by atoms with E-state index in [2.05, 4.69) is 93.6 Å². The molecule has 0 atom stereocenters. The molecule has 378 valence electrons. The first kappa shape index (κ1) is 56.1. The molecular formula is C57H84N6O6. The summed E-state index contributed by atoms with van der Waals surface area (Å²) in [6, 6.07) is 27.2. The Bertz CT molecular complexity index is 1980. The highest BCUT2D eigenvalue weighted by Crippen LogP contribution is 2.49. The van der Waals surface area contributed by atoms with Gasteiger partial charge in [-0.25, -0.2) is 0 Å². The van der Waals surface area contributed by atoms with Gasteiger partial charge in [-0.2, -0.15) is 0 Å². The third-order valence-electron chi connectivity index (χ3n) is 15.4. The van der Waals surface area contributed by atoms with E-state index >= 15 is 0 Å². The maximum atomic E-state index is 12.3. The lowest BCUT2D eigenvalue weighted by Gasteiger charge is -2.44. The summed E-state index contributed by atoms with van der Waals surface area (Å²) >= 11 is 0. The lowest BCUT2D eigenvalue weighted by molar-refractivity contribution is -0.144. The summed E-state index contributed by atoms with van der Waals surface area (Å²) in [5, 5.41) is 0. The summed E-state index contributed by atoms with van der Waals surface area (Å²) < 4.78 is 0. The topological polar surface area (TPSA) is 122 Å². The quantitative estimate of drug-likeness (QED) is 0.212. The lowest BCUT2D eigenvalue weighted by Crippen LogP contribution is -2.53. The second-order valence-electron chi connectivity index (χ2n) is 20.9. The Kier molecular flexibility index (Phi) is 20.6. The van der Waals surface area contributed by atoms with Gasteiger partial charge in [0.1, 0.15) is 0 Å². The molecule has 0 bridgehead atoms. The Morgan fingerprint density at radius 2 is 0.565 bits per heavy atom. The molecule has 12 nitrogen and oxygen atoms in total. The molecule has 0 unspecified atom stereocenters. The molecule has 0 heterocycles. The van der Waals surface area contributed by atoms with Crippen molar-refractivity contribution in [2.45, 2.75) is 135 Å². The number of nitrogens with zero attached hydrogens (tertiary/aromatic N) is 6. The zero-order valence-electron chi connectivity index (χ0n) is 44.6. The van der Waals surface area contributed by atoms with E-state index in [-0.39, 0.29) is 71.3 Å². The third kappa shape index (κ3) is 15.0. The highest BCUT2D eigenvalue weighted by Gasteiger charge is 2.41. The Labute approximate surface area is 414 Å². The van der Waals surface area contributed by atoms with Crippen molar-refractivity contribution in [3.63, 3.8) is 0 Å². The minimum Gasteiger partial charge on any atom is -0.349 e. The summed E-state index contributed by atoms with van der Waals surface area (Å²) in [7, 11) is 15.6. The van der Waals surface area contributed by atoms with Crippen LogP contribution in [-0.2, 0) is 28.8 Å². The van der Waals surface area contributed by atoms with Gasteiger partial charge in [0.2, 0.25) is 35.4 Å². The predicted octanol–water partition coefficient (Wildman–Crippen LogP) is 8.44. The molecule has 0 aliphatic heterocycles. The summed E-state index contributed by atoms with van der Waals surface area (Å²) in [5.41, 5.74) is 8.97. The van der Waals surface area contributed by atoms with Crippen LogP contribution in [0.2, 0.25) is 0 Å². The normalized spacial score (nSPS) is 24.1. The Balaban J connectivity index is 0.000000229. The highest BCUT2D eigenvalue weighted by atomic mass is 16.2. The van der Waals surface area contributed by atoms with Crippen LogP contribution in [0.15, 0.2) is 72.8 Å². The van der Waals surface area contributed by atoms with E-state index in [9.17, 15) is 28.8 Å². The summed E-state index contributed by atoms with van der Waals surface area (Å²) in [4.78, 5) is 81.4. The van der Waals surface area contributed by atoms with Crippen LogP contribution in [0, 0.1) is 38.5 Å². The molecule has 6 rings (SSSR count). The second kappa shape index (κ2) is 25.4. The van der Waals surface area contributed by atoms with Crippen molar-refractivity contribution in [3.05, 3.63) is 106 Å². The van der Waals surface area contributed by atoms with E-state index in [0.717, 1.165) is 19.3 Å². The Hall–Kier alpha value is -5.52. The van der Waals surface area contributed by atoms with Crippen molar-refractivity contribution in [2.24, 2.45) is 17.8 Å². The average molecular weight is 949 g/mol. The molecule has 3 aromatic carbocycles. The van der Waals surface area contributed by atoms with Crippen molar-refractivity contribution in [1.82, 2.24) is 29.4 Å². The van der Waals surface area contributed by atoms with Gasteiger partial charge in [-0.3, -0.25) is 28.8 Å². The Morgan fingerprint density at radius 3 is 0.754 bits per heavy atom. The number of carbonyl (C=O) groups is 6. The van der Waals surface area contributed by atoms with Crippen LogP contribution in [-0.4, -0.2) is 146 Å². The largest absolute Gasteiger partial charge is 0.349 e. The van der Waals surface area contributed by atoms with E-state index in [1.807, 2.05) is 0 Å². The third-order valence-corrected chi connectivity index (χ3v) is 15.4. The van der Waals surface area contributed by atoms with Crippen LogP contribution in [0.3, 0.4) is 0 Å². The van der Waals surface area contributed by atoms with Gasteiger partial charge in [-0.15, -0.1) is 0 Å². The minimum atomic E-state index is -0.253. The number of benzene rings is 3. The van der Waals surface area contributed by atoms with Crippen LogP contribution in [0.5, 0.6) is 0 Å². The fourth-order valence-corrected chi connectivity index (χ4v) is 11.2. The maximum absolute atomic E-state index is 12.3. The second-order valence-corrected chi connectivity index (χ2v) is 20.9. The van der Waals surface area contributed by atoms with Crippen LogP contribution >= 0.6 is 0 Å². The molecular weight excluding hydrogens is 865 g/mol. The van der Waals surface area contributed by atoms with Gasteiger partial charge in [-0.05, 0) is 130 Å². The molecule has 69 heavy (non-hydrogen) atoms. The van der Waals surface area contributed by atoms with E-state index in [1.54, 1.807) is 130 Å². The number of amides is 6. The molecule has 0 saturated heterocycles. The van der Waals surface area contributed by atoms with Crippen LogP contribution < -0.4 is 0 Å². The van der Waals surface area contributed by atoms with E-state index in [1.165, 1.54) is 36.0 Å². The highest BCUT2D eigenvalue weighted by molar-refractivity contribution is 5.85. The van der Waals surface area contributed by atoms with Crippen molar-refractivity contribution in [2.75, 3.05) is 63.4 Å². The van der Waals surface area contributed by atoms with Crippen LogP contribution in [0.1, 0.15) is 130 Å². The maximum Gasteiger partial charge on any atom is 0.225 e. The van der Waals surface area contributed by atoms with Gasteiger partial charge >= 0.3 is 0 Å². The summed E-state index contributed by atoms with van der Waals surface area (Å²) in [5.74, 6) is 1.18. The summed E-state index contributed by atoms with van der Waals surface area (Å²) in [6.07, 6.45) is 7.66. The van der Waals surface area contributed by atoms with Crippen molar-refractivity contribution in [3.8, 4) is 0 Å². The molecule has 3 aliphatic rings. The predicted molar refractivity (Wildman–Crippen MR) is 277 cm³/mol. The molecule has 3 aromatic rings. The van der Waals surface area contributed by atoms with Gasteiger partial charge in [-0.1, -0.05) is 72.8 Å². The van der Waals surface area contributed by atoms with Gasteiger partial charge in [0.25, 0.3) is 0 Å². The van der Waals surface area contributed by atoms with E-state index in [4.69, 9.17) is 0 Å². The number of aryl methyl sites for hydroxylation is 3. The lowest BCUT2D eigenvalue weighted by atomic mass is 9.67. The first-order valence-corrected chi connectivity index (χ1v) is 24.9. The number of hydrogen-bond acceptors (Lipinski definition) is 6. The zero-order valence-corrected chi connectivity index (χ0v) is 44.6. The number of carbonyl (C=O) groups excluding carboxylic acids is 6. The molecule has 0 spiro atoms. The van der Waals surface area contributed by atoms with Crippen molar-refractivity contribution >= 4 is 35.4 Å². The smallest absolute Gasteiger partial charge is 0.225 e. The molecule has 0 radical (unpaired) electrons. The molecule has 3 aliphatic carbocycles. The van der Waals surface area contributed by atoms with Crippen molar-refractivity contribution in [1.29, 1.82) is 0 Å². The fourth-order valence-electron chi connectivity index (χ4n) is 11.2. The average Bonchev–Trinajstić information content (AvgIpc) is 3.32. The SMILES string of the molecule is CC(=O)N(C)C1CC(N(C)C(C)=O)CC(N(C)C(C)=O)C1.CN(C)C(=O)C1CC(C(=O)N(C)C)CC(C(=O)N(C)C)C1.Cc1ccccc1C1CC(c2ccccc2C)CC(c2ccccc2C)C1. The molecule has 3 fully saturated rings. The standard InChI is InChI=1S/C27H30.2C15H27N3O3/c1-19-10-4-7-13-25(19)22-16-23(26-14-8-5-11-20(26)2)18-24(17-22)27-15-9-6-12-21(27)3;1-16(2)13(19)10-7-11(14(20)17(3)4)9-12(8-10)15(21)18(5)6;1-10(19)16(4)13-7-14(17(5)11(2)20)9-15(8-13)18(6)12(3)21/h4-15,22-24H,16-18H2,1-3H3;10-12H,7-9H2,1-6H3;13-15H,7-9H2,1-6H3. The minimum absolute atomic E-state index is 0.00260. The van der Waals surface area contributed by atoms with E-state index < -0.39 is 0 Å². The number of hydrogen-bond donors (Lipinski definition) is 0. The van der Waals surface area contributed by atoms with E-state index in [0.29, 0.717) is 37.0 Å². The van der Waals surface area contributed by atoms with Gasteiger partial charge in [0.15, 0.2) is 0 Å². The monoisotopic (exact) mass is 949 g/mol. The molecule has 12 heteroatoms. The summed E-state index contributed by atoms with van der Waals surface area (Å²) in [6.45, 7) is 11.5. The first-order valence-electron chi connectivity index (χ1n) is 24.9. The van der Waals surface area contributed by atoms with Crippen molar-refractivity contribution < 1.29 is 28.8 Å². The molecule has 0 aromatic heterocycles. The number of rotatable bonds is 9. The molecule has 0 N–H and O–H groups in total. The van der Waals surface area contributed by atoms with Crippen LogP contribution in [0.4, 0.5) is 0 Å². The van der Waals surface area contributed by atoms with Gasteiger partial charge in [0.05, 0.1) is 0 Å².